The standard InChI is InChI=1S/C33H62N4O4/c1-24-20-25(21-31(8,9)36(24)40-27(38)29(2,3)4)34-18-16-14-15-17-19-35-26-22-32(10,11)37(33(12,13)23-26)41-28(39)30(5,6)7/h25-26,34-35H,1,14-23H2,2-13H3. The average molecular weight is 579 g/mol. The lowest BCUT2D eigenvalue weighted by Gasteiger charge is -2.53. The summed E-state index contributed by atoms with van der Waals surface area (Å²) in [6, 6.07) is 0.736. The first-order valence-corrected chi connectivity index (χ1v) is 15.8. The van der Waals surface area contributed by atoms with Gasteiger partial charge in [-0.1, -0.05) is 19.4 Å². The SMILES string of the molecule is C=C1CC(NCCCCCCNC2CC(C)(C)N(OC(=O)C(C)(C)C)C(C)(C)C2)CC(C)(C)N1OC(=O)C(C)(C)C. The summed E-state index contributed by atoms with van der Waals surface area (Å²) < 4.78 is 0. The molecular weight excluding hydrogens is 516 g/mol. The molecule has 8 heteroatoms. The number of nitrogens with one attached hydrogen (secondary N) is 2. The smallest absolute Gasteiger partial charge is 0.337 e. The minimum atomic E-state index is -0.547. The Labute approximate surface area is 251 Å². The number of rotatable bonds is 11. The fourth-order valence-electron chi connectivity index (χ4n) is 6.20. The van der Waals surface area contributed by atoms with Crippen LogP contribution in [0.15, 0.2) is 12.3 Å². The summed E-state index contributed by atoms with van der Waals surface area (Å²) in [5.74, 6) is -0.410. The quantitative estimate of drug-likeness (QED) is 0.268. The van der Waals surface area contributed by atoms with Crippen LogP contribution in [-0.2, 0) is 19.3 Å². The van der Waals surface area contributed by atoms with Crippen molar-refractivity contribution in [3.05, 3.63) is 12.3 Å². The van der Waals surface area contributed by atoms with Crippen molar-refractivity contribution in [1.82, 2.24) is 20.8 Å². The Bertz CT molecular complexity index is 895. The molecular formula is C33H62N4O4. The molecule has 2 aliphatic heterocycles. The molecule has 238 valence electrons. The number of carbonyl (C=O) groups excluding carboxylic acids is 2. The van der Waals surface area contributed by atoms with Gasteiger partial charge in [0.25, 0.3) is 0 Å². The number of hydrogen-bond donors (Lipinski definition) is 2. The van der Waals surface area contributed by atoms with Crippen molar-refractivity contribution >= 4 is 11.9 Å². The number of hydrogen-bond acceptors (Lipinski definition) is 8. The Morgan fingerprint density at radius 2 is 1.15 bits per heavy atom. The Morgan fingerprint density at radius 3 is 1.59 bits per heavy atom. The van der Waals surface area contributed by atoms with Gasteiger partial charge in [-0.05, 0) is 128 Å². The van der Waals surface area contributed by atoms with Crippen molar-refractivity contribution in [2.24, 2.45) is 10.8 Å². The molecule has 0 aromatic rings. The summed E-state index contributed by atoms with van der Waals surface area (Å²) in [5, 5.41) is 11.2. The highest BCUT2D eigenvalue weighted by Crippen LogP contribution is 2.40. The van der Waals surface area contributed by atoms with Gasteiger partial charge in [-0.2, -0.15) is 0 Å². The molecule has 2 fully saturated rings. The van der Waals surface area contributed by atoms with Crippen molar-refractivity contribution in [3.63, 3.8) is 0 Å². The molecule has 8 nitrogen and oxygen atoms in total. The normalized spacial score (nSPS) is 23.4. The van der Waals surface area contributed by atoms with E-state index in [2.05, 4.69) is 58.8 Å². The fraction of sp³-hybridized carbons (Fsp3) is 0.879. The summed E-state index contributed by atoms with van der Waals surface area (Å²) in [7, 11) is 0. The van der Waals surface area contributed by atoms with Gasteiger partial charge >= 0.3 is 11.9 Å². The number of carbonyl (C=O) groups is 2. The molecule has 0 aromatic heterocycles. The monoisotopic (exact) mass is 578 g/mol. The lowest BCUT2D eigenvalue weighted by Crippen LogP contribution is -2.64. The van der Waals surface area contributed by atoms with Crippen molar-refractivity contribution in [3.8, 4) is 0 Å². The van der Waals surface area contributed by atoms with Crippen LogP contribution in [0.4, 0.5) is 0 Å². The van der Waals surface area contributed by atoms with Gasteiger partial charge in [-0.3, -0.25) is 0 Å². The predicted octanol–water partition coefficient (Wildman–Crippen LogP) is 6.51. The van der Waals surface area contributed by atoms with Crippen molar-refractivity contribution in [2.75, 3.05) is 13.1 Å². The molecule has 0 radical (unpaired) electrons. The second-order valence-electron chi connectivity index (χ2n) is 16.4. The topological polar surface area (TPSA) is 83.1 Å². The van der Waals surface area contributed by atoms with E-state index in [1.807, 2.05) is 46.6 Å². The Morgan fingerprint density at radius 1 is 0.732 bits per heavy atom. The Balaban J connectivity index is 1.68. The minimum Gasteiger partial charge on any atom is -0.366 e. The van der Waals surface area contributed by atoms with Gasteiger partial charge in [0.1, 0.15) is 0 Å². The first-order valence-electron chi connectivity index (χ1n) is 15.8. The first kappa shape index (κ1) is 35.6. The molecule has 0 saturated carbocycles. The zero-order valence-corrected chi connectivity index (χ0v) is 28.5. The third-order valence-electron chi connectivity index (χ3n) is 8.20. The minimum absolute atomic E-state index is 0.180. The molecule has 2 N–H and O–H groups in total. The van der Waals surface area contributed by atoms with Crippen LogP contribution >= 0.6 is 0 Å². The summed E-state index contributed by atoms with van der Waals surface area (Å²) in [6.07, 6.45) is 8.24. The maximum atomic E-state index is 12.6. The van der Waals surface area contributed by atoms with E-state index in [4.69, 9.17) is 9.68 Å². The molecule has 2 rings (SSSR count). The molecule has 2 heterocycles. The average Bonchev–Trinajstić information content (AvgIpc) is 2.78. The van der Waals surface area contributed by atoms with E-state index in [1.165, 1.54) is 12.8 Å². The van der Waals surface area contributed by atoms with E-state index in [9.17, 15) is 9.59 Å². The van der Waals surface area contributed by atoms with E-state index in [1.54, 1.807) is 5.06 Å². The molecule has 0 amide bonds. The molecule has 0 spiro atoms. The van der Waals surface area contributed by atoms with Gasteiger partial charge in [-0.15, -0.1) is 5.06 Å². The molecule has 0 bridgehead atoms. The van der Waals surface area contributed by atoms with Crippen LogP contribution in [-0.4, -0.2) is 63.9 Å². The Kier molecular flexibility index (Phi) is 11.6. The number of nitrogens with zero attached hydrogens (tertiary/aromatic N) is 2. The summed E-state index contributed by atoms with van der Waals surface area (Å²) in [5.41, 5.74) is -0.998. The first-order chi connectivity index (χ1) is 18.6. The third-order valence-corrected chi connectivity index (χ3v) is 8.20. The highest BCUT2D eigenvalue weighted by molar-refractivity contribution is 5.75. The number of hydroxylamine groups is 4. The molecule has 0 aromatic carbocycles. The van der Waals surface area contributed by atoms with Crippen molar-refractivity contribution in [1.29, 1.82) is 0 Å². The zero-order chi connectivity index (χ0) is 31.4. The van der Waals surface area contributed by atoms with E-state index < -0.39 is 10.8 Å². The molecule has 2 saturated heterocycles. The van der Waals surface area contributed by atoms with Crippen LogP contribution in [0.25, 0.3) is 0 Å². The van der Waals surface area contributed by atoms with E-state index in [0.717, 1.165) is 57.3 Å². The number of piperidine rings is 2. The lowest BCUT2D eigenvalue weighted by molar-refractivity contribution is -0.274. The van der Waals surface area contributed by atoms with Crippen LogP contribution < -0.4 is 10.6 Å². The van der Waals surface area contributed by atoms with Crippen LogP contribution in [0.2, 0.25) is 0 Å². The van der Waals surface area contributed by atoms with E-state index in [-0.39, 0.29) is 28.6 Å². The molecule has 1 atom stereocenters. The highest BCUT2D eigenvalue weighted by atomic mass is 16.7. The van der Waals surface area contributed by atoms with Gasteiger partial charge < -0.3 is 20.3 Å². The molecule has 41 heavy (non-hydrogen) atoms. The maximum Gasteiger partial charge on any atom is 0.337 e. The van der Waals surface area contributed by atoms with Gasteiger partial charge in [0, 0.05) is 24.2 Å². The van der Waals surface area contributed by atoms with Gasteiger partial charge in [0.2, 0.25) is 0 Å². The van der Waals surface area contributed by atoms with Crippen LogP contribution in [0.3, 0.4) is 0 Å². The van der Waals surface area contributed by atoms with Gasteiger partial charge in [0.05, 0.1) is 27.4 Å². The highest BCUT2D eigenvalue weighted by Gasteiger charge is 2.49. The predicted molar refractivity (Wildman–Crippen MR) is 167 cm³/mol. The number of unbranched alkanes of at least 4 members (excludes halogenated alkanes) is 3. The maximum absolute atomic E-state index is 12.6. The van der Waals surface area contributed by atoms with Crippen LogP contribution in [0.5, 0.6) is 0 Å². The van der Waals surface area contributed by atoms with Crippen molar-refractivity contribution in [2.45, 2.75) is 163 Å². The zero-order valence-electron chi connectivity index (χ0n) is 28.5. The van der Waals surface area contributed by atoms with E-state index in [0.29, 0.717) is 12.1 Å². The third kappa shape index (κ3) is 10.2. The second kappa shape index (κ2) is 13.3. The summed E-state index contributed by atoms with van der Waals surface area (Å²) in [4.78, 5) is 36.8. The van der Waals surface area contributed by atoms with E-state index >= 15 is 0 Å². The summed E-state index contributed by atoms with van der Waals surface area (Å²) >= 11 is 0. The van der Waals surface area contributed by atoms with Gasteiger partial charge in [0.15, 0.2) is 0 Å². The van der Waals surface area contributed by atoms with Crippen LogP contribution in [0.1, 0.15) is 134 Å². The second-order valence-corrected chi connectivity index (χ2v) is 16.4. The van der Waals surface area contributed by atoms with Crippen LogP contribution in [0, 0.1) is 10.8 Å². The lowest BCUT2D eigenvalue weighted by atomic mass is 9.79. The summed E-state index contributed by atoms with van der Waals surface area (Å²) in [6.45, 7) is 30.4. The molecule has 2 aliphatic rings. The molecule has 0 aliphatic carbocycles. The van der Waals surface area contributed by atoms with Gasteiger partial charge in [-0.25, -0.2) is 14.7 Å². The Hall–Kier alpha value is -1.64. The largest absolute Gasteiger partial charge is 0.366 e. The molecule has 1 unspecified atom stereocenters. The van der Waals surface area contributed by atoms with Crippen molar-refractivity contribution < 1.29 is 19.3 Å². The fourth-order valence-corrected chi connectivity index (χ4v) is 6.20.